The van der Waals surface area contributed by atoms with Gasteiger partial charge in [-0.15, -0.1) is 12.4 Å². The molecule has 0 saturated carbocycles. The first kappa shape index (κ1) is 20.7. The summed E-state index contributed by atoms with van der Waals surface area (Å²) in [6.45, 7) is 2.56. The van der Waals surface area contributed by atoms with Crippen molar-refractivity contribution in [3.63, 3.8) is 0 Å². The van der Waals surface area contributed by atoms with E-state index in [1.54, 1.807) is 12.1 Å². The highest BCUT2D eigenvalue weighted by molar-refractivity contribution is 7.90. The molecule has 126 valence electrons. The molecule has 2 N–H and O–H groups in total. The van der Waals surface area contributed by atoms with Crippen molar-refractivity contribution in [3.8, 4) is 5.75 Å². The molecule has 1 atom stereocenters. The first-order chi connectivity index (χ1) is 9.84. The lowest BCUT2D eigenvalue weighted by atomic mass is 10.2. The minimum atomic E-state index is -3.26. The van der Waals surface area contributed by atoms with E-state index >= 15 is 0 Å². The van der Waals surface area contributed by atoms with E-state index in [4.69, 9.17) is 9.84 Å². The minimum absolute atomic E-state index is 0. The molecule has 1 unspecified atom stereocenters. The molecule has 0 spiro atoms. The first-order valence-electron chi connectivity index (χ1n) is 6.73. The largest absolute Gasteiger partial charge is 0.492 e. The molecule has 0 radical (unpaired) electrons. The third-order valence-electron chi connectivity index (χ3n) is 2.87. The number of nitrogens with one attached hydrogen (secondary N) is 1. The number of hydrogen-bond acceptors (Lipinski definition) is 5. The molecule has 0 aliphatic heterocycles. The van der Waals surface area contributed by atoms with Crippen LogP contribution in [0.1, 0.15) is 19.8 Å². The molecule has 0 saturated heterocycles. The van der Waals surface area contributed by atoms with E-state index in [0.717, 1.165) is 12.7 Å². The molecule has 6 nitrogen and oxygen atoms in total. The summed E-state index contributed by atoms with van der Waals surface area (Å²) < 4.78 is 28.3. The zero-order valence-electron chi connectivity index (χ0n) is 12.6. The zero-order chi connectivity index (χ0) is 15.9. The average Bonchev–Trinajstić information content (AvgIpc) is 2.41. The summed E-state index contributed by atoms with van der Waals surface area (Å²) in [6.07, 6.45) is 2.47. The van der Waals surface area contributed by atoms with Crippen LogP contribution in [-0.4, -0.2) is 44.9 Å². The maximum Gasteiger partial charge on any atom is 0.320 e. The predicted molar refractivity (Wildman–Crippen MR) is 86.6 cm³/mol. The standard InChI is InChI=1S/C14H21NO5S.ClH/c1-3-5-13(14(16)17)15-8-9-20-11-6-4-7-12(10-11)21(2,18)19;/h4,6-7,10,13,15H,3,5,8-9H2,1-2H3,(H,16,17);1H. The quantitative estimate of drug-likeness (QED) is 0.658. The van der Waals surface area contributed by atoms with E-state index in [0.29, 0.717) is 18.7 Å². The van der Waals surface area contributed by atoms with Crippen LogP contribution in [0.25, 0.3) is 0 Å². The number of hydrogen-bond donors (Lipinski definition) is 2. The number of carbonyl (C=O) groups is 1. The van der Waals surface area contributed by atoms with Crippen LogP contribution in [0.15, 0.2) is 29.2 Å². The fourth-order valence-corrected chi connectivity index (χ4v) is 2.45. The molecule has 1 aromatic rings. The normalized spacial score (nSPS) is 12.3. The van der Waals surface area contributed by atoms with Crippen molar-refractivity contribution in [2.24, 2.45) is 0 Å². The number of ether oxygens (including phenoxy) is 1. The lowest BCUT2D eigenvalue weighted by molar-refractivity contribution is -0.139. The zero-order valence-corrected chi connectivity index (χ0v) is 14.2. The first-order valence-corrected chi connectivity index (χ1v) is 8.63. The molecule has 0 fully saturated rings. The second-order valence-electron chi connectivity index (χ2n) is 4.73. The van der Waals surface area contributed by atoms with Crippen molar-refractivity contribution >= 4 is 28.2 Å². The monoisotopic (exact) mass is 351 g/mol. The Bertz CT molecular complexity index is 576. The van der Waals surface area contributed by atoms with Gasteiger partial charge in [0.05, 0.1) is 4.90 Å². The average molecular weight is 352 g/mol. The van der Waals surface area contributed by atoms with Crippen LogP contribution in [0, 0.1) is 0 Å². The summed E-state index contributed by atoms with van der Waals surface area (Å²) in [5, 5.41) is 11.9. The van der Waals surface area contributed by atoms with Crippen LogP contribution in [0.5, 0.6) is 5.75 Å². The molecule has 0 aliphatic rings. The molecule has 0 aliphatic carbocycles. The molecule has 1 aromatic carbocycles. The SMILES string of the molecule is CCCC(NCCOc1cccc(S(C)(=O)=O)c1)C(=O)O.Cl. The van der Waals surface area contributed by atoms with E-state index in [-0.39, 0.29) is 23.9 Å². The van der Waals surface area contributed by atoms with Gasteiger partial charge >= 0.3 is 5.97 Å². The van der Waals surface area contributed by atoms with Crippen molar-refractivity contribution in [2.45, 2.75) is 30.7 Å². The Kier molecular flexibility index (Phi) is 9.08. The van der Waals surface area contributed by atoms with Crippen LogP contribution in [0.3, 0.4) is 0 Å². The second-order valence-corrected chi connectivity index (χ2v) is 6.74. The Morgan fingerprint density at radius 1 is 1.41 bits per heavy atom. The lowest BCUT2D eigenvalue weighted by Crippen LogP contribution is -2.38. The molecular weight excluding hydrogens is 330 g/mol. The number of halogens is 1. The van der Waals surface area contributed by atoms with Gasteiger partial charge in [-0.3, -0.25) is 4.79 Å². The van der Waals surface area contributed by atoms with E-state index in [1.165, 1.54) is 12.1 Å². The van der Waals surface area contributed by atoms with E-state index in [2.05, 4.69) is 5.32 Å². The Morgan fingerprint density at radius 3 is 2.64 bits per heavy atom. The third-order valence-corrected chi connectivity index (χ3v) is 3.98. The summed E-state index contributed by atoms with van der Waals surface area (Å²) in [5.74, 6) is -0.432. The molecule has 0 bridgehead atoms. The lowest BCUT2D eigenvalue weighted by Gasteiger charge is -2.14. The van der Waals surface area contributed by atoms with E-state index < -0.39 is 21.8 Å². The second kappa shape index (κ2) is 9.66. The molecule has 0 aromatic heterocycles. The van der Waals surface area contributed by atoms with E-state index in [9.17, 15) is 13.2 Å². The fraction of sp³-hybridized carbons (Fsp3) is 0.500. The van der Waals surface area contributed by atoms with Crippen molar-refractivity contribution in [3.05, 3.63) is 24.3 Å². The third kappa shape index (κ3) is 7.11. The van der Waals surface area contributed by atoms with Crippen LogP contribution >= 0.6 is 12.4 Å². The Morgan fingerprint density at radius 2 is 2.09 bits per heavy atom. The number of sulfone groups is 1. The summed E-state index contributed by atoms with van der Waals surface area (Å²) in [7, 11) is -3.26. The van der Waals surface area contributed by atoms with Crippen molar-refractivity contribution < 1.29 is 23.1 Å². The fourth-order valence-electron chi connectivity index (χ4n) is 1.80. The Balaban J connectivity index is 0.00000441. The van der Waals surface area contributed by atoms with Crippen LogP contribution in [0.4, 0.5) is 0 Å². The highest BCUT2D eigenvalue weighted by atomic mass is 35.5. The van der Waals surface area contributed by atoms with Crippen LogP contribution in [0.2, 0.25) is 0 Å². The molecular formula is C14H22ClNO5S. The highest BCUT2D eigenvalue weighted by Crippen LogP contribution is 2.17. The van der Waals surface area contributed by atoms with Gasteiger partial charge in [0.2, 0.25) is 0 Å². The Labute approximate surface area is 137 Å². The van der Waals surface area contributed by atoms with Gasteiger partial charge in [0.25, 0.3) is 0 Å². The maximum atomic E-state index is 11.4. The van der Waals surface area contributed by atoms with Gasteiger partial charge in [-0.2, -0.15) is 0 Å². The predicted octanol–water partition coefficient (Wildman–Crippen LogP) is 1.73. The van der Waals surface area contributed by atoms with Gasteiger partial charge in [0.15, 0.2) is 9.84 Å². The smallest absolute Gasteiger partial charge is 0.320 e. The van der Waals surface area contributed by atoms with Gasteiger partial charge in [-0.25, -0.2) is 8.42 Å². The topological polar surface area (TPSA) is 92.7 Å². The number of carboxylic acid groups (broad SMARTS) is 1. The molecule has 1 rings (SSSR count). The number of carboxylic acids is 1. The van der Waals surface area contributed by atoms with E-state index in [1.807, 2.05) is 6.92 Å². The molecule has 8 heteroatoms. The summed E-state index contributed by atoms with van der Waals surface area (Å²) >= 11 is 0. The number of rotatable bonds is 9. The Hall–Kier alpha value is -1.31. The maximum absolute atomic E-state index is 11.4. The number of benzene rings is 1. The van der Waals surface area contributed by atoms with Crippen molar-refractivity contribution in [2.75, 3.05) is 19.4 Å². The summed E-state index contributed by atoms with van der Waals surface area (Å²) in [4.78, 5) is 11.1. The number of aliphatic carboxylic acids is 1. The van der Waals surface area contributed by atoms with Gasteiger partial charge in [0.1, 0.15) is 18.4 Å². The van der Waals surface area contributed by atoms with Gasteiger partial charge in [-0.05, 0) is 24.6 Å². The van der Waals surface area contributed by atoms with Gasteiger partial charge < -0.3 is 15.2 Å². The molecule has 22 heavy (non-hydrogen) atoms. The summed E-state index contributed by atoms with van der Waals surface area (Å²) in [6, 6.07) is 5.64. The summed E-state index contributed by atoms with van der Waals surface area (Å²) in [5.41, 5.74) is 0. The minimum Gasteiger partial charge on any atom is -0.492 e. The van der Waals surface area contributed by atoms with Gasteiger partial charge in [-0.1, -0.05) is 19.4 Å². The molecule has 0 heterocycles. The van der Waals surface area contributed by atoms with Gasteiger partial charge in [0, 0.05) is 12.8 Å². The molecule has 0 amide bonds. The highest BCUT2D eigenvalue weighted by Gasteiger charge is 2.14. The van der Waals surface area contributed by atoms with Crippen LogP contribution in [-0.2, 0) is 14.6 Å². The van der Waals surface area contributed by atoms with Crippen molar-refractivity contribution in [1.82, 2.24) is 5.32 Å². The van der Waals surface area contributed by atoms with Crippen molar-refractivity contribution in [1.29, 1.82) is 0 Å². The van der Waals surface area contributed by atoms with Crippen LogP contribution < -0.4 is 10.1 Å².